The van der Waals surface area contributed by atoms with Crippen LogP contribution in [-0.4, -0.2) is 12.5 Å². The largest absolute Gasteiger partial charge is 0.324 e. The Balaban J connectivity index is 1.65. The summed E-state index contributed by atoms with van der Waals surface area (Å²) in [6.45, 7) is 0.621. The number of hydrogen-bond donors (Lipinski definition) is 2. The minimum atomic E-state index is -0.390. The lowest BCUT2D eigenvalue weighted by Crippen LogP contribution is -2.29. The Morgan fingerprint density at radius 2 is 1.95 bits per heavy atom. The van der Waals surface area contributed by atoms with Crippen molar-refractivity contribution in [3.63, 3.8) is 0 Å². The summed E-state index contributed by atoms with van der Waals surface area (Å²) in [5, 5.41) is 6.64. The smallest absolute Gasteiger partial charge is 0.246 e. The first kappa shape index (κ1) is 14.0. The van der Waals surface area contributed by atoms with Gasteiger partial charge in [0, 0.05) is 22.8 Å². The maximum Gasteiger partial charge on any atom is 0.246 e. The first-order chi connectivity index (χ1) is 10.1. The Morgan fingerprint density at radius 3 is 2.71 bits per heavy atom. The van der Waals surface area contributed by atoms with Crippen LogP contribution in [-0.2, 0) is 11.2 Å². The molecule has 1 atom stereocenters. The van der Waals surface area contributed by atoms with Gasteiger partial charge in [-0.05, 0) is 42.3 Å². The third kappa shape index (κ3) is 3.06. The van der Waals surface area contributed by atoms with Crippen LogP contribution in [0.3, 0.4) is 0 Å². The van der Waals surface area contributed by atoms with Gasteiger partial charge in [0.05, 0.1) is 0 Å². The van der Waals surface area contributed by atoms with Gasteiger partial charge in [0.2, 0.25) is 5.91 Å². The Morgan fingerprint density at radius 1 is 1.19 bits per heavy atom. The van der Waals surface area contributed by atoms with E-state index in [9.17, 15) is 9.18 Å². The molecule has 0 saturated heterocycles. The molecular weight excluding hydrogens is 291 g/mol. The number of hydrogen-bond acceptors (Lipinski definition) is 2. The highest BCUT2D eigenvalue weighted by Gasteiger charge is 2.29. The molecule has 108 valence electrons. The predicted molar refractivity (Wildman–Crippen MR) is 80.9 cm³/mol. The molecule has 0 bridgehead atoms. The van der Waals surface area contributed by atoms with Crippen LogP contribution in [0.5, 0.6) is 0 Å². The zero-order valence-electron chi connectivity index (χ0n) is 11.2. The average molecular weight is 305 g/mol. The molecule has 1 aliphatic heterocycles. The van der Waals surface area contributed by atoms with Gasteiger partial charge in [0.25, 0.3) is 0 Å². The molecule has 1 heterocycles. The second kappa shape index (κ2) is 5.84. The fourth-order valence-corrected chi connectivity index (χ4v) is 2.63. The maximum absolute atomic E-state index is 12.8. The number of fused-ring (bicyclic) bond motifs is 1. The Hall–Kier alpha value is -1.91. The SMILES string of the molecule is O=C1Nc2ccc(Cl)cc2C1NCCc1ccc(F)cc1. The molecule has 3 rings (SSSR count). The van der Waals surface area contributed by atoms with E-state index in [4.69, 9.17) is 11.6 Å². The van der Waals surface area contributed by atoms with E-state index in [0.29, 0.717) is 11.6 Å². The van der Waals surface area contributed by atoms with Crippen molar-refractivity contribution in [1.82, 2.24) is 5.32 Å². The van der Waals surface area contributed by atoms with Gasteiger partial charge < -0.3 is 10.6 Å². The topological polar surface area (TPSA) is 41.1 Å². The number of carbonyl (C=O) groups is 1. The number of nitrogens with one attached hydrogen (secondary N) is 2. The molecule has 3 nitrogen and oxygen atoms in total. The van der Waals surface area contributed by atoms with Crippen LogP contribution in [0.4, 0.5) is 10.1 Å². The number of halogens is 2. The number of benzene rings is 2. The fourth-order valence-electron chi connectivity index (χ4n) is 2.45. The van der Waals surface area contributed by atoms with Crippen LogP contribution in [0, 0.1) is 5.82 Å². The van der Waals surface area contributed by atoms with Gasteiger partial charge in [0.15, 0.2) is 0 Å². The molecule has 1 unspecified atom stereocenters. The number of amides is 1. The van der Waals surface area contributed by atoms with E-state index in [0.717, 1.165) is 23.2 Å². The highest BCUT2D eigenvalue weighted by Crippen LogP contribution is 2.32. The normalized spacial score (nSPS) is 16.7. The van der Waals surface area contributed by atoms with E-state index >= 15 is 0 Å². The van der Waals surface area contributed by atoms with Crippen molar-refractivity contribution < 1.29 is 9.18 Å². The summed E-state index contributed by atoms with van der Waals surface area (Å²) in [5.74, 6) is -0.322. The molecule has 2 aromatic rings. The second-order valence-electron chi connectivity index (χ2n) is 4.98. The van der Waals surface area contributed by atoms with E-state index in [1.807, 2.05) is 0 Å². The number of carbonyl (C=O) groups excluding carboxylic acids is 1. The summed E-state index contributed by atoms with van der Waals surface area (Å²) < 4.78 is 12.8. The first-order valence-corrected chi connectivity index (χ1v) is 7.09. The zero-order valence-corrected chi connectivity index (χ0v) is 12.0. The zero-order chi connectivity index (χ0) is 14.8. The molecule has 0 aliphatic carbocycles. The molecule has 0 spiro atoms. The molecule has 2 N–H and O–H groups in total. The van der Waals surface area contributed by atoms with Gasteiger partial charge >= 0.3 is 0 Å². The van der Waals surface area contributed by atoms with E-state index in [2.05, 4.69) is 10.6 Å². The van der Waals surface area contributed by atoms with Gasteiger partial charge in [-0.15, -0.1) is 0 Å². The molecule has 5 heteroatoms. The summed E-state index contributed by atoms with van der Waals surface area (Å²) in [5.41, 5.74) is 2.68. The van der Waals surface area contributed by atoms with E-state index < -0.39 is 0 Å². The summed E-state index contributed by atoms with van der Waals surface area (Å²) in [6.07, 6.45) is 0.722. The van der Waals surface area contributed by atoms with Gasteiger partial charge in [-0.1, -0.05) is 23.7 Å². The van der Waals surface area contributed by atoms with E-state index in [1.54, 1.807) is 30.3 Å². The molecule has 0 radical (unpaired) electrons. The van der Waals surface area contributed by atoms with Crippen molar-refractivity contribution >= 4 is 23.2 Å². The van der Waals surface area contributed by atoms with Crippen molar-refractivity contribution in [2.24, 2.45) is 0 Å². The first-order valence-electron chi connectivity index (χ1n) is 6.71. The van der Waals surface area contributed by atoms with Crippen LogP contribution in [0.1, 0.15) is 17.2 Å². The number of rotatable bonds is 4. The summed E-state index contributed by atoms with van der Waals surface area (Å²) in [6, 6.07) is 11.3. The number of anilines is 1. The minimum absolute atomic E-state index is 0.0774. The van der Waals surface area contributed by atoms with Gasteiger partial charge in [-0.2, -0.15) is 0 Å². The Bertz CT molecular complexity index is 672. The highest BCUT2D eigenvalue weighted by molar-refractivity contribution is 6.31. The molecule has 0 saturated carbocycles. The standard InChI is InChI=1S/C16H14ClFN2O/c17-11-3-6-14-13(9-11)15(16(21)20-14)19-8-7-10-1-4-12(18)5-2-10/h1-6,9,15,19H,7-8H2,(H,20,21). The van der Waals surface area contributed by atoms with E-state index in [-0.39, 0.29) is 17.8 Å². The van der Waals surface area contributed by atoms with Crippen LogP contribution < -0.4 is 10.6 Å². The molecule has 21 heavy (non-hydrogen) atoms. The van der Waals surface area contributed by atoms with Crippen LogP contribution >= 0.6 is 11.6 Å². The van der Waals surface area contributed by atoms with Crippen molar-refractivity contribution in [3.05, 3.63) is 64.4 Å². The lowest BCUT2D eigenvalue weighted by molar-refractivity contribution is -0.117. The van der Waals surface area contributed by atoms with Gasteiger partial charge in [-0.25, -0.2) is 4.39 Å². The average Bonchev–Trinajstić information content (AvgIpc) is 2.77. The quantitative estimate of drug-likeness (QED) is 0.910. The monoisotopic (exact) mass is 304 g/mol. The van der Waals surface area contributed by atoms with Crippen molar-refractivity contribution in [2.45, 2.75) is 12.5 Å². The minimum Gasteiger partial charge on any atom is -0.324 e. The third-order valence-electron chi connectivity index (χ3n) is 3.52. The van der Waals surface area contributed by atoms with Crippen LogP contribution in [0.25, 0.3) is 0 Å². The molecule has 0 fully saturated rings. The van der Waals surface area contributed by atoms with Crippen molar-refractivity contribution in [3.8, 4) is 0 Å². The highest BCUT2D eigenvalue weighted by atomic mass is 35.5. The van der Waals surface area contributed by atoms with Crippen molar-refractivity contribution in [2.75, 3.05) is 11.9 Å². The second-order valence-corrected chi connectivity index (χ2v) is 5.42. The van der Waals surface area contributed by atoms with Crippen molar-refractivity contribution in [1.29, 1.82) is 0 Å². The molecule has 0 aromatic heterocycles. The van der Waals surface area contributed by atoms with Crippen LogP contribution in [0.2, 0.25) is 5.02 Å². The van der Waals surface area contributed by atoms with Crippen LogP contribution in [0.15, 0.2) is 42.5 Å². The Labute approximate surface area is 127 Å². The van der Waals surface area contributed by atoms with Gasteiger partial charge in [-0.3, -0.25) is 4.79 Å². The van der Waals surface area contributed by atoms with Gasteiger partial charge in [0.1, 0.15) is 11.9 Å². The van der Waals surface area contributed by atoms with E-state index in [1.165, 1.54) is 12.1 Å². The third-order valence-corrected chi connectivity index (χ3v) is 3.76. The summed E-state index contributed by atoms with van der Waals surface area (Å²) in [4.78, 5) is 12.0. The summed E-state index contributed by atoms with van der Waals surface area (Å²) in [7, 11) is 0. The molecule has 1 aliphatic rings. The fraction of sp³-hybridized carbons (Fsp3) is 0.188. The molecule has 2 aromatic carbocycles. The molecule has 1 amide bonds. The predicted octanol–water partition coefficient (Wildman–Crippen LogP) is 3.30. The Kier molecular flexibility index (Phi) is 3.90. The molecular formula is C16H14ClFN2O. The summed E-state index contributed by atoms with van der Waals surface area (Å²) >= 11 is 5.98. The lowest BCUT2D eigenvalue weighted by atomic mass is 10.1. The maximum atomic E-state index is 12.8. The lowest BCUT2D eigenvalue weighted by Gasteiger charge is -2.11.